The quantitative estimate of drug-likeness (QED) is 0.0976. The first-order valence-electron chi connectivity index (χ1n) is 11.6. The molecule has 1 aromatic rings. The molecule has 0 radical (unpaired) electrons. The Morgan fingerprint density at radius 3 is 1.74 bits per heavy atom. The standard InChI is InChI=1S/C22H37N5O4/c1-3-5-7-9-11-13-17-25(23-28)20-15-16-21(27(30)31)22(19-20)26(24-29)18-14-12-10-8-6-4-2/h15-16,19H,3-14,17-18H2,1-2H3. The summed E-state index contributed by atoms with van der Waals surface area (Å²) < 4.78 is 0. The summed E-state index contributed by atoms with van der Waals surface area (Å²) in [5, 5.41) is 20.0. The lowest BCUT2D eigenvalue weighted by atomic mass is 10.1. The lowest BCUT2D eigenvalue weighted by Crippen LogP contribution is -2.20. The number of rotatable bonds is 19. The molecular weight excluding hydrogens is 398 g/mol. The normalized spacial score (nSPS) is 10.6. The zero-order valence-electron chi connectivity index (χ0n) is 19.0. The van der Waals surface area contributed by atoms with E-state index in [9.17, 15) is 19.9 Å². The Bertz CT molecular complexity index is 671. The lowest BCUT2D eigenvalue weighted by molar-refractivity contribution is -0.384. The number of nitro benzene ring substituents is 1. The minimum atomic E-state index is -0.537. The van der Waals surface area contributed by atoms with Crippen LogP contribution in [0.15, 0.2) is 28.8 Å². The summed E-state index contributed by atoms with van der Waals surface area (Å²) >= 11 is 0. The highest BCUT2D eigenvalue weighted by Gasteiger charge is 2.22. The van der Waals surface area contributed by atoms with E-state index in [-0.39, 0.29) is 11.4 Å². The van der Waals surface area contributed by atoms with Crippen LogP contribution in [0.25, 0.3) is 0 Å². The fourth-order valence-electron chi connectivity index (χ4n) is 3.54. The van der Waals surface area contributed by atoms with Crippen LogP contribution in [0.1, 0.15) is 90.9 Å². The van der Waals surface area contributed by atoms with Crippen molar-refractivity contribution in [2.24, 2.45) is 10.6 Å². The van der Waals surface area contributed by atoms with Crippen molar-refractivity contribution in [3.63, 3.8) is 0 Å². The van der Waals surface area contributed by atoms with Crippen LogP contribution in [0, 0.1) is 19.9 Å². The van der Waals surface area contributed by atoms with Crippen molar-refractivity contribution >= 4 is 17.1 Å². The van der Waals surface area contributed by atoms with E-state index >= 15 is 0 Å². The molecule has 0 fully saturated rings. The van der Waals surface area contributed by atoms with Crippen LogP contribution in [0.3, 0.4) is 0 Å². The van der Waals surface area contributed by atoms with E-state index in [1.54, 1.807) is 0 Å². The van der Waals surface area contributed by atoms with Gasteiger partial charge in [-0.05, 0) is 25.0 Å². The molecule has 0 unspecified atom stereocenters. The van der Waals surface area contributed by atoms with Gasteiger partial charge in [-0.3, -0.25) is 10.1 Å². The Balaban J connectivity index is 2.82. The summed E-state index contributed by atoms with van der Waals surface area (Å²) in [6, 6.07) is 4.27. The van der Waals surface area contributed by atoms with Gasteiger partial charge in [-0.25, -0.2) is 10.0 Å². The molecule has 0 saturated carbocycles. The molecule has 0 N–H and O–H groups in total. The van der Waals surface area contributed by atoms with Crippen molar-refractivity contribution in [1.82, 2.24) is 0 Å². The highest BCUT2D eigenvalue weighted by molar-refractivity contribution is 5.69. The van der Waals surface area contributed by atoms with E-state index in [1.165, 1.54) is 48.9 Å². The van der Waals surface area contributed by atoms with Gasteiger partial charge in [0.05, 0.1) is 21.2 Å². The zero-order chi connectivity index (χ0) is 22.9. The Morgan fingerprint density at radius 2 is 1.26 bits per heavy atom. The molecule has 0 bridgehead atoms. The monoisotopic (exact) mass is 435 g/mol. The molecule has 31 heavy (non-hydrogen) atoms. The van der Waals surface area contributed by atoms with Gasteiger partial charge in [0.15, 0.2) is 0 Å². The number of nitroso groups, excluding NO2 is 2. The number of unbranched alkanes of at least 4 members (excludes halogenated alkanes) is 10. The first-order chi connectivity index (χ1) is 15.1. The highest BCUT2D eigenvalue weighted by atomic mass is 16.6. The molecule has 0 spiro atoms. The Morgan fingerprint density at radius 1 is 0.774 bits per heavy atom. The number of nitrogens with zero attached hydrogens (tertiary/aromatic N) is 5. The lowest BCUT2D eigenvalue weighted by Gasteiger charge is -2.19. The number of hydrogen-bond acceptors (Lipinski definition) is 6. The third-order valence-corrected chi connectivity index (χ3v) is 5.38. The van der Waals surface area contributed by atoms with Gasteiger partial charge in [-0.1, -0.05) is 78.1 Å². The van der Waals surface area contributed by atoms with Gasteiger partial charge in [0, 0.05) is 19.2 Å². The Labute approximate surface area is 185 Å². The first kappa shape index (κ1) is 26.5. The largest absolute Gasteiger partial charge is 0.294 e. The van der Waals surface area contributed by atoms with Crippen molar-refractivity contribution in [3.05, 3.63) is 38.1 Å². The molecule has 0 aromatic heterocycles. The van der Waals surface area contributed by atoms with Crippen LogP contribution in [0.5, 0.6) is 0 Å². The van der Waals surface area contributed by atoms with Gasteiger partial charge in [0.25, 0.3) is 5.69 Å². The van der Waals surface area contributed by atoms with Crippen molar-refractivity contribution in [2.45, 2.75) is 90.9 Å². The minimum absolute atomic E-state index is 0.0997. The third kappa shape index (κ3) is 9.85. The van der Waals surface area contributed by atoms with Gasteiger partial charge < -0.3 is 0 Å². The maximum atomic E-state index is 11.5. The summed E-state index contributed by atoms with van der Waals surface area (Å²) in [5.74, 6) is 0. The molecule has 1 rings (SSSR count). The second kappa shape index (κ2) is 16.2. The SMILES string of the molecule is CCCCCCCCN(N=O)c1ccc([N+](=O)[O-])c(N(CCCCCCCC)N=O)c1. The van der Waals surface area contributed by atoms with E-state index < -0.39 is 4.92 Å². The van der Waals surface area contributed by atoms with E-state index in [2.05, 4.69) is 24.4 Å². The maximum Gasteiger partial charge on any atom is 0.294 e. The molecule has 174 valence electrons. The Kier molecular flexibility index (Phi) is 13.8. The molecule has 0 atom stereocenters. The molecule has 9 heteroatoms. The fourth-order valence-corrected chi connectivity index (χ4v) is 3.54. The van der Waals surface area contributed by atoms with E-state index in [1.807, 2.05) is 0 Å². The summed E-state index contributed by atoms with van der Waals surface area (Å²) in [6.45, 7) is 5.03. The van der Waals surface area contributed by atoms with Crippen molar-refractivity contribution in [1.29, 1.82) is 0 Å². The van der Waals surface area contributed by atoms with Crippen LogP contribution < -0.4 is 10.0 Å². The average Bonchev–Trinajstić information content (AvgIpc) is 2.78. The van der Waals surface area contributed by atoms with E-state index in [0.29, 0.717) is 25.2 Å². The maximum absolute atomic E-state index is 11.5. The number of nitro groups is 1. The second-order valence-electron chi connectivity index (χ2n) is 7.88. The second-order valence-corrected chi connectivity index (χ2v) is 7.88. The number of benzene rings is 1. The Hall–Kier alpha value is -2.58. The fraction of sp³-hybridized carbons (Fsp3) is 0.727. The van der Waals surface area contributed by atoms with Gasteiger partial charge in [-0.2, -0.15) is 0 Å². The van der Waals surface area contributed by atoms with E-state index in [0.717, 1.165) is 50.0 Å². The average molecular weight is 436 g/mol. The molecule has 0 aliphatic carbocycles. The molecular formula is C22H37N5O4. The van der Waals surface area contributed by atoms with Gasteiger partial charge in [0.1, 0.15) is 5.69 Å². The first-order valence-corrected chi connectivity index (χ1v) is 11.6. The molecule has 0 aliphatic rings. The molecule has 0 heterocycles. The molecule has 0 amide bonds. The summed E-state index contributed by atoms with van der Waals surface area (Å²) in [5.41, 5.74) is 0.322. The van der Waals surface area contributed by atoms with Crippen molar-refractivity contribution < 1.29 is 4.92 Å². The van der Waals surface area contributed by atoms with Crippen molar-refractivity contribution in [3.8, 4) is 0 Å². The van der Waals surface area contributed by atoms with Crippen LogP contribution in [0.4, 0.5) is 17.1 Å². The van der Waals surface area contributed by atoms with Crippen LogP contribution in [0.2, 0.25) is 0 Å². The predicted octanol–water partition coefficient (Wildman–Crippen LogP) is 7.29. The summed E-state index contributed by atoms with van der Waals surface area (Å²) in [4.78, 5) is 33.8. The minimum Gasteiger partial charge on any atom is -0.258 e. The molecule has 1 aromatic carbocycles. The van der Waals surface area contributed by atoms with Crippen LogP contribution in [-0.2, 0) is 0 Å². The van der Waals surface area contributed by atoms with Crippen molar-refractivity contribution in [2.75, 3.05) is 23.1 Å². The smallest absolute Gasteiger partial charge is 0.258 e. The highest BCUT2D eigenvalue weighted by Crippen LogP contribution is 2.33. The van der Waals surface area contributed by atoms with Gasteiger partial charge in [-0.15, -0.1) is 9.81 Å². The predicted molar refractivity (Wildman–Crippen MR) is 126 cm³/mol. The third-order valence-electron chi connectivity index (χ3n) is 5.38. The molecule has 0 saturated heterocycles. The van der Waals surface area contributed by atoms with Crippen LogP contribution >= 0.6 is 0 Å². The topological polar surface area (TPSA) is 108 Å². The van der Waals surface area contributed by atoms with Gasteiger partial charge >= 0.3 is 0 Å². The summed E-state index contributed by atoms with van der Waals surface area (Å²) in [6.07, 6.45) is 12.6. The summed E-state index contributed by atoms with van der Waals surface area (Å²) in [7, 11) is 0. The molecule has 9 nitrogen and oxygen atoms in total. The number of hydrogen-bond donors (Lipinski definition) is 0. The molecule has 0 aliphatic heterocycles. The van der Waals surface area contributed by atoms with Crippen LogP contribution in [-0.4, -0.2) is 18.0 Å². The number of anilines is 2. The van der Waals surface area contributed by atoms with Gasteiger partial charge in [0.2, 0.25) is 0 Å². The zero-order valence-corrected chi connectivity index (χ0v) is 19.0. The van der Waals surface area contributed by atoms with E-state index in [4.69, 9.17) is 0 Å².